The SMILES string of the molecule is CCNC(=O)C(C)NCC(=O)OC(C)C. The van der Waals surface area contributed by atoms with E-state index in [-0.39, 0.29) is 30.6 Å². The van der Waals surface area contributed by atoms with Crippen molar-refractivity contribution in [3.63, 3.8) is 0 Å². The maximum Gasteiger partial charge on any atom is 0.320 e. The van der Waals surface area contributed by atoms with Crippen molar-refractivity contribution in [3.8, 4) is 0 Å². The molecule has 5 heteroatoms. The van der Waals surface area contributed by atoms with Crippen LogP contribution in [0.4, 0.5) is 0 Å². The molecule has 0 fully saturated rings. The number of ether oxygens (including phenoxy) is 1. The summed E-state index contributed by atoms with van der Waals surface area (Å²) in [7, 11) is 0. The van der Waals surface area contributed by atoms with Crippen molar-refractivity contribution in [2.45, 2.75) is 39.8 Å². The van der Waals surface area contributed by atoms with Gasteiger partial charge in [0, 0.05) is 6.54 Å². The second-order valence-corrected chi connectivity index (χ2v) is 3.54. The lowest BCUT2D eigenvalue weighted by Crippen LogP contribution is -2.44. The van der Waals surface area contributed by atoms with E-state index in [1.807, 2.05) is 6.92 Å². The van der Waals surface area contributed by atoms with Gasteiger partial charge in [0.15, 0.2) is 0 Å². The van der Waals surface area contributed by atoms with Gasteiger partial charge in [0.25, 0.3) is 0 Å². The Labute approximate surface area is 90.6 Å². The molecule has 1 amide bonds. The first-order chi connectivity index (χ1) is 6.97. The van der Waals surface area contributed by atoms with Gasteiger partial charge < -0.3 is 10.1 Å². The number of likely N-dealkylation sites (N-methyl/N-ethyl adjacent to an activating group) is 1. The highest BCUT2D eigenvalue weighted by Gasteiger charge is 2.13. The molecule has 0 aromatic heterocycles. The summed E-state index contributed by atoms with van der Waals surface area (Å²) in [5.41, 5.74) is 0. The van der Waals surface area contributed by atoms with Crippen LogP contribution in [0.5, 0.6) is 0 Å². The first-order valence-electron chi connectivity index (χ1n) is 5.18. The average molecular weight is 216 g/mol. The minimum atomic E-state index is -0.385. The summed E-state index contributed by atoms with van der Waals surface area (Å²) in [5, 5.41) is 5.44. The maximum absolute atomic E-state index is 11.3. The van der Waals surface area contributed by atoms with Crippen molar-refractivity contribution >= 4 is 11.9 Å². The van der Waals surface area contributed by atoms with Gasteiger partial charge in [0.05, 0.1) is 18.7 Å². The first-order valence-corrected chi connectivity index (χ1v) is 5.18. The van der Waals surface area contributed by atoms with Crippen LogP contribution >= 0.6 is 0 Å². The van der Waals surface area contributed by atoms with Gasteiger partial charge in [-0.05, 0) is 27.7 Å². The smallest absolute Gasteiger partial charge is 0.320 e. The molecule has 0 heterocycles. The molecule has 88 valence electrons. The van der Waals surface area contributed by atoms with Crippen LogP contribution in [-0.2, 0) is 14.3 Å². The van der Waals surface area contributed by atoms with Gasteiger partial charge in [-0.2, -0.15) is 0 Å². The van der Waals surface area contributed by atoms with Gasteiger partial charge in [0.1, 0.15) is 0 Å². The topological polar surface area (TPSA) is 67.4 Å². The summed E-state index contributed by atoms with van der Waals surface area (Å²) >= 11 is 0. The number of hydrogen-bond donors (Lipinski definition) is 2. The second kappa shape index (κ2) is 7.23. The van der Waals surface area contributed by atoms with E-state index in [9.17, 15) is 9.59 Å². The first kappa shape index (κ1) is 13.9. The Kier molecular flexibility index (Phi) is 6.70. The standard InChI is InChI=1S/C10H20N2O3/c1-5-11-10(14)8(4)12-6-9(13)15-7(2)3/h7-8,12H,5-6H2,1-4H3,(H,11,14). The number of carbonyl (C=O) groups is 2. The van der Waals surface area contributed by atoms with Crippen LogP contribution in [0, 0.1) is 0 Å². The molecule has 1 atom stereocenters. The molecule has 5 nitrogen and oxygen atoms in total. The highest BCUT2D eigenvalue weighted by Crippen LogP contribution is 1.89. The van der Waals surface area contributed by atoms with E-state index in [0.29, 0.717) is 6.54 Å². The zero-order chi connectivity index (χ0) is 11.8. The normalized spacial score (nSPS) is 12.3. The summed E-state index contributed by atoms with van der Waals surface area (Å²) in [4.78, 5) is 22.4. The monoisotopic (exact) mass is 216 g/mol. The summed E-state index contributed by atoms with van der Waals surface area (Å²) in [6, 6.07) is -0.385. The van der Waals surface area contributed by atoms with Gasteiger partial charge >= 0.3 is 5.97 Å². The van der Waals surface area contributed by atoms with E-state index in [1.165, 1.54) is 0 Å². The molecular formula is C10H20N2O3. The number of amides is 1. The molecular weight excluding hydrogens is 196 g/mol. The minimum absolute atomic E-state index is 0.0521. The number of esters is 1. The summed E-state index contributed by atoms with van der Waals surface area (Å²) in [6.07, 6.45) is -0.126. The van der Waals surface area contributed by atoms with E-state index < -0.39 is 0 Å². The summed E-state index contributed by atoms with van der Waals surface area (Å²) in [6.45, 7) is 7.75. The van der Waals surface area contributed by atoms with Gasteiger partial charge in [-0.15, -0.1) is 0 Å². The van der Waals surface area contributed by atoms with Crippen molar-refractivity contribution in [1.82, 2.24) is 10.6 Å². The van der Waals surface area contributed by atoms with Gasteiger partial charge in [0.2, 0.25) is 5.91 Å². The predicted molar refractivity (Wildman–Crippen MR) is 57.4 cm³/mol. The van der Waals surface area contributed by atoms with Crippen molar-refractivity contribution < 1.29 is 14.3 Å². The van der Waals surface area contributed by atoms with Crippen molar-refractivity contribution in [2.24, 2.45) is 0 Å². The molecule has 0 aliphatic carbocycles. The van der Waals surface area contributed by atoms with E-state index in [4.69, 9.17) is 4.74 Å². The fraction of sp³-hybridized carbons (Fsp3) is 0.800. The van der Waals surface area contributed by atoms with Crippen molar-refractivity contribution in [3.05, 3.63) is 0 Å². The van der Waals surface area contributed by atoms with Gasteiger partial charge in [-0.3, -0.25) is 14.9 Å². The van der Waals surface area contributed by atoms with Crippen LogP contribution in [-0.4, -0.2) is 37.1 Å². The molecule has 0 radical (unpaired) electrons. The second-order valence-electron chi connectivity index (χ2n) is 3.54. The molecule has 0 rings (SSSR count). The zero-order valence-corrected chi connectivity index (χ0v) is 9.79. The number of hydrogen-bond acceptors (Lipinski definition) is 4. The fourth-order valence-electron chi connectivity index (χ4n) is 0.961. The Morgan fingerprint density at radius 3 is 2.33 bits per heavy atom. The van der Waals surface area contributed by atoms with E-state index >= 15 is 0 Å². The third-order valence-corrected chi connectivity index (χ3v) is 1.66. The van der Waals surface area contributed by atoms with E-state index in [0.717, 1.165) is 0 Å². The number of carbonyl (C=O) groups excluding carboxylic acids is 2. The Balaban J connectivity index is 3.75. The molecule has 0 saturated heterocycles. The third kappa shape index (κ3) is 6.90. The number of nitrogens with one attached hydrogen (secondary N) is 2. The Hall–Kier alpha value is -1.10. The molecule has 0 aliphatic heterocycles. The fourth-order valence-corrected chi connectivity index (χ4v) is 0.961. The molecule has 15 heavy (non-hydrogen) atoms. The van der Waals surface area contributed by atoms with Gasteiger partial charge in [-0.25, -0.2) is 0 Å². The predicted octanol–water partition coefficient (Wildman–Crippen LogP) is 0.0522. The lowest BCUT2D eigenvalue weighted by atomic mass is 10.3. The minimum Gasteiger partial charge on any atom is -0.462 e. The quantitative estimate of drug-likeness (QED) is 0.616. The highest BCUT2D eigenvalue weighted by atomic mass is 16.5. The summed E-state index contributed by atoms with van der Waals surface area (Å²) < 4.78 is 4.91. The Morgan fingerprint density at radius 1 is 1.27 bits per heavy atom. The van der Waals surface area contributed by atoms with Crippen LogP contribution in [0.25, 0.3) is 0 Å². The molecule has 0 aliphatic rings. The van der Waals surface area contributed by atoms with E-state index in [2.05, 4.69) is 10.6 Å². The zero-order valence-electron chi connectivity index (χ0n) is 9.79. The van der Waals surface area contributed by atoms with Gasteiger partial charge in [-0.1, -0.05) is 0 Å². The molecule has 0 bridgehead atoms. The Morgan fingerprint density at radius 2 is 1.87 bits per heavy atom. The van der Waals surface area contributed by atoms with Crippen molar-refractivity contribution in [1.29, 1.82) is 0 Å². The van der Waals surface area contributed by atoms with Crippen LogP contribution in [0.1, 0.15) is 27.7 Å². The lowest BCUT2D eigenvalue weighted by molar-refractivity contribution is -0.146. The molecule has 0 aromatic rings. The molecule has 2 N–H and O–H groups in total. The van der Waals surface area contributed by atoms with Crippen LogP contribution in [0.2, 0.25) is 0 Å². The highest BCUT2D eigenvalue weighted by molar-refractivity contribution is 5.82. The molecule has 0 aromatic carbocycles. The largest absolute Gasteiger partial charge is 0.462 e. The van der Waals surface area contributed by atoms with Crippen LogP contribution in [0.15, 0.2) is 0 Å². The third-order valence-electron chi connectivity index (χ3n) is 1.66. The van der Waals surface area contributed by atoms with Crippen molar-refractivity contribution in [2.75, 3.05) is 13.1 Å². The molecule has 0 spiro atoms. The van der Waals surface area contributed by atoms with Crippen LogP contribution < -0.4 is 10.6 Å². The lowest BCUT2D eigenvalue weighted by Gasteiger charge is -2.13. The Bertz CT molecular complexity index is 217. The molecule has 0 saturated carbocycles. The number of rotatable bonds is 6. The average Bonchev–Trinajstić information content (AvgIpc) is 2.13. The molecule has 1 unspecified atom stereocenters. The maximum atomic E-state index is 11.3. The summed E-state index contributed by atoms with van der Waals surface area (Å²) in [5.74, 6) is -0.462. The van der Waals surface area contributed by atoms with Crippen LogP contribution in [0.3, 0.4) is 0 Å². The van der Waals surface area contributed by atoms with E-state index in [1.54, 1.807) is 20.8 Å².